The van der Waals surface area contributed by atoms with Gasteiger partial charge < -0.3 is 0 Å². The third-order valence-corrected chi connectivity index (χ3v) is 4.49. The second-order valence-electron chi connectivity index (χ2n) is 6.12. The van der Waals surface area contributed by atoms with Crippen molar-refractivity contribution in [1.29, 1.82) is 0 Å². The number of benzene rings is 2. The van der Waals surface area contributed by atoms with Gasteiger partial charge in [-0.1, -0.05) is 24.0 Å². The summed E-state index contributed by atoms with van der Waals surface area (Å²) >= 11 is 0. The predicted molar refractivity (Wildman–Crippen MR) is 90.0 cm³/mol. The molecular formula is C18H13NO5S. The lowest BCUT2D eigenvalue weighted by Crippen LogP contribution is -2.41. The molecule has 126 valence electrons. The first kappa shape index (κ1) is 15.8. The van der Waals surface area contributed by atoms with Crippen LogP contribution in [-0.2, 0) is 14.4 Å². The highest BCUT2D eigenvalue weighted by atomic mass is 32.2. The van der Waals surface area contributed by atoms with Gasteiger partial charge >= 0.3 is 0 Å². The minimum atomic E-state index is -4.02. The third kappa shape index (κ3) is 2.80. The normalized spacial score (nSPS) is 16.8. The quantitative estimate of drug-likeness (QED) is 0.609. The lowest BCUT2D eigenvalue weighted by Gasteiger charge is -2.25. The molecule has 1 fully saturated rings. The minimum Gasteiger partial charge on any atom is -0.266 e. The smallest absolute Gasteiger partial charge is 0.266 e. The zero-order chi connectivity index (χ0) is 17.8. The first-order valence-electron chi connectivity index (χ1n) is 7.71. The van der Waals surface area contributed by atoms with Crippen LogP contribution in [0.4, 0.5) is 0 Å². The van der Waals surface area contributed by atoms with E-state index in [2.05, 4.69) is 16.1 Å². The van der Waals surface area contributed by atoms with E-state index in [1.165, 1.54) is 6.07 Å². The first-order chi connectivity index (χ1) is 11.8. The van der Waals surface area contributed by atoms with Gasteiger partial charge in [-0.25, -0.2) is 0 Å². The fraction of sp³-hybridized carbons (Fsp3) is 0.222. The van der Waals surface area contributed by atoms with Crippen molar-refractivity contribution in [1.82, 2.24) is 5.06 Å². The Morgan fingerprint density at radius 3 is 2.40 bits per heavy atom. The Bertz CT molecular complexity index is 1080. The number of carbonyl (C=O) groups excluding carboxylic acids is 2. The van der Waals surface area contributed by atoms with Gasteiger partial charge in [-0.2, -0.15) is 8.42 Å². The van der Waals surface area contributed by atoms with E-state index < -0.39 is 21.9 Å². The fourth-order valence-electron chi connectivity index (χ4n) is 2.79. The molecule has 2 aromatic rings. The lowest BCUT2D eigenvalue weighted by molar-refractivity contribution is -0.0149. The molecule has 0 saturated heterocycles. The summed E-state index contributed by atoms with van der Waals surface area (Å²) in [5.74, 6) is 5.10. The molecule has 1 saturated carbocycles. The monoisotopic (exact) mass is 355 g/mol. The Balaban J connectivity index is 1.90. The second-order valence-corrected chi connectivity index (χ2v) is 7.67. The highest BCUT2D eigenvalue weighted by molar-refractivity contribution is 7.85. The van der Waals surface area contributed by atoms with Gasteiger partial charge in [0.25, 0.3) is 21.9 Å². The first-order valence-corrected chi connectivity index (χ1v) is 9.52. The van der Waals surface area contributed by atoms with Crippen LogP contribution in [0.2, 0.25) is 0 Å². The van der Waals surface area contributed by atoms with Gasteiger partial charge in [-0.15, -0.1) is 9.35 Å². The largest absolute Gasteiger partial charge is 0.286 e. The summed E-state index contributed by atoms with van der Waals surface area (Å²) in [4.78, 5) is 25.1. The topological polar surface area (TPSA) is 80.8 Å². The van der Waals surface area contributed by atoms with E-state index in [1.54, 1.807) is 24.3 Å². The van der Waals surface area contributed by atoms with Crippen LogP contribution in [0.25, 0.3) is 10.8 Å². The number of amides is 2. The van der Waals surface area contributed by atoms with Gasteiger partial charge in [0.05, 0.1) is 17.4 Å². The van der Waals surface area contributed by atoms with E-state index in [0.29, 0.717) is 21.8 Å². The summed E-state index contributed by atoms with van der Waals surface area (Å²) in [5, 5.41) is 1.47. The average molecular weight is 355 g/mol. The van der Waals surface area contributed by atoms with Gasteiger partial charge in [-0.05, 0) is 36.4 Å². The number of hydrogen-bond donors (Lipinski definition) is 0. The molecule has 1 aliphatic carbocycles. The van der Waals surface area contributed by atoms with Crippen molar-refractivity contribution in [3.8, 4) is 11.8 Å². The zero-order valence-corrected chi connectivity index (χ0v) is 14.1. The average Bonchev–Trinajstić information content (AvgIpc) is 3.38. The molecule has 7 heteroatoms. The van der Waals surface area contributed by atoms with Crippen LogP contribution in [0.15, 0.2) is 30.3 Å². The Morgan fingerprint density at radius 1 is 1.08 bits per heavy atom. The van der Waals surface area contributed by atoms with Crippen LogP contribution in [0, 0.1) is 17.8 Å². The summed E-state index contributed by atoms with van der Waals surface area (Å²) in [6.07, 6.45) is 2.98. The number of hydrogen-bond acceptors (Lipinski definition) is 5. The zero-order valence-electron chi connectivity index (χ0n) is 13.3. The second kappa shape index (κ2) is 5.41. The number of rotatable bonds is 2. The van der Waals surface area contributed by atoms with Crippen LogP contribution in [0.3, 0.4) is 0 Å². The van der Waals surface area contributed by atoms with E-state index >= 15 is 0 Å². The minimum absolute atomic E-state index is 0.214. The number of nitrogens with zero attached hydrogens (tertiary/aromatic N) is 1. The van der Waals surface area contributed by atoms with Gasteiger partial charge in [-0.3, -0.25) is 9.59 Å². The van der Waals surface area contributed by atoms with E-state index in [-0.39, 0.29) is 11.1 Å². The van der Waals surface area contributed by atoms with E-state index in [9.17, 15) is 18.0 Å². The molecule has 2 aliphatic rings. The van der Waals surface area contributed by atoms with Crippen LogP contribution < -0.4 is 0 Å². The maximum Gasteiger partial charge on any atom is 0.286 e. The van der Waals surface area contributed by atoms with Crippen molar-refractivity contribution in [2.75, 3.05) is 6.26 Å². The highest BCUT2D eigenvalue weighted by Crippen LogP contribution is 2.33. The maximum absolute atomic E-state index is 12.6. The van der Waals surface area contributed by atoms with Crippen molar-refractivity contribution >= 4 is 32.7 Å². The summed E-state index contributed by atoms with van der Waals surface area (Å²) in [6.45, 7) is 0. The van der Waals surface area contributed by atoms with Crippen molar-refractivity contribution in [2.24, 2.45) is 5.92 Å². The van der Waals surface area contributed by atoms with E-state index in [1.807, 2.05) is 0 Å². The highest BCUT2D eigenvalue weighted by Gasteiger charge is 2.36. The Morgan fingerprint density at radius 2 is 1.76 bits per heavy atom. The Kier molecular flexibility index (Phi) is 3.42. The Hall–Kier alpha value is -2.69. The molecule has 6 nitrogen and oxygen atoms in total. The van der Waals surface area contributed by atoms with Gasteiger partial charge in [0.15, 0.2) is 0 Å². The maximum atomic E-state index is 12.6. The molecule has 0 spiro atoms. The van der Waals surface area contributed by atoms with Gasteiger partial charge in [0.1, 0.15) is 0 Å². The molecule has 0 N–H and O–H groups in total. The van der Waals surface area contributed by atoms with Crippen LogP contribution >= 0.6 is 0 Å². The summed E-state index contributed by atoms with van der Waals surface area (Å²) < 4.78 is 27.3. The molecule has 1 aliphatic heterocycles. The molecule has 4 rings (SSSR count). The van der Waals surface area contributed by atoms with Gasteiger partial charge in [0, 0.05) is 16.9 Å². The number of imide groups is 1. The molecule has 25 heavy (non-hydrogen) atoms. The molecule has 1 heterocycles. The Labute approximate surface area is 144 Å². The van der Waals surface area contributed by atoms with Gasteiger partial charge in [0.2, 0.25) is 0 Å². The SMILES string of the molecule is CS(=O)(=O)ON1C(=O)c2cccc3c(C#CC4CC4)ccc(c23)C1=O. The number of carbonyl (C=O) groups is 2. The molecule has 2 amide bonds. The van der Waals surface area contributed by atoms with Crippen molar-refractivity contribution in [3.05, 3.63) is 47.0 Å². The summed E-state index contributed by atoms with van der Waals surface area (Å²) in [6, 6.07) is 8.28. The summed E-state index contributed by atoms with van der Waals surface area (Å²) in [5.41, 5.74) is 1.17. The molecular weight excluding hydrogens is 342 g/mol. The van der Waals surface area contributed by atoms with E-state index in [0.717, 1.165) is 24.7 Å². The summed E-state index contributed by atoms with van der Waals surface area (Å²) in [7, 11) is -4.02. The van der Waals surface area contributed by atoms with Crippen molar-refractivity contribution in [3.63, 3.8) is 0 Å². The standard InChI is InChI=1S/C18H13NO5S/c1-25(22,23)24-19-17(20)14-4-2-3-13-12(8-7-11-5-6-11)9-10-15(16(13)14)18(19)21/h2-4,9-11H,5-6H2,1H3. The van der Waals surface area contributed by atoms with Crippen molar-refractivity contribution < 1.29 is 22.3 Å². The lowest BCUT2D eigenvalue weighted by atomic mass is 9.92. The molecule has 2 aromatic carbocycles. The number of hydroxylamine groups is 2. The van der Waals surface area contributed by atoms with Crippen LogP contribution in [-0.4, -0.2) is 31.6 Å². The van der Waals surface area contributed by atoms with E-state index in [4.69, 9.17) is 0 Å². The predicted octanol–water partition coefficient (Wildman–Crippen LogP) is 2.09. The third-order valence-electron chi connectivity index (χ3n) is 4.07. The van der Waals surface area contributed by atoms with Crippen molar-refractivity contribution in [2.45, 2.75) is 12.8 Å². The van der Waals surface area contributed by atoms with Crippen LogP contribution in [0.5, 0.6) is 0 Å². The molecule has 0 bridgehead atoms. The van der Waals surface area contributed by atoms with Crippen LogP contribution in [0.1, 0.15) is 39.1 Å². The fourth-order valence-corrected chi connectivity index (χ4v) is 3.20. The molecule has 0 unspecified atom stereocenters. The molecule has 0 atom stereocenters. The molecule has 0 radical (unpaired) electrons. The molecule has 0 aromatic heterocycles.